The summed E-state index contributed by atoms with van der Waals surface area (Å²) in [6.07, 6.45) is 1.61. The Morgan fingerprint density at radius 1 is 1.42 bits per heavy atom. The quantitative estimate of drug-likeness (QED) is 0.912. The maximum absolute atomic E-state index is 13.0. The lowest BCUT2D eigenvalue weighted by molar-refractivity contribution is 0.553. The molecule has 0 saturated heterocycles. The molecule has 0 bridgehead atoms. The van der Waals surface area contributed by atoms with Crippen molar-refractivity contribution >= 4 is 22.9 Å². The zero-order chi connectivity index (χ0) is 13.8. The van der Waals surface area contributed by atoms with E-state index in [1.807, 2.05) is 19.4 Å². The SMILES string of the molecule is CNC(Cc1nc(C)cs1)Cc1ccc(F)cc1Cl. The minimum absolute atomic E-state index is 0.244. The summed E-state index contributed by atoms with van der Waals surface area (Å²) in [5.74, 6) is -0.301. The standard InChI is InChI=1S/C14H16ClFN2S/c1-9-8-19-14(18-9)7-12(17-2)5-10-3-4-11(16)6-13(10)15/h3-4,6,8,12,17H,5,7H2,1-2H3. The molecule has 102 valence electrons. The molecule has 1 atom stereocenters. The fraction of sp³-hybridized carbons (Fsp3) is 0.357. The van der Waals surface area contributed by atoms with Gasteiger partial charge in [-0.2, -0.15) is 0 Å². The van der Waals surface area contributed by atoms with Crippen LogP contribution < -0.4 is 5.32 Å². The van der Waals surface area contributed by atoms with Gasteiger partial charge in [0.2, 0.25) is 0 Å². The van der Waals surface area contributed by atoms with Crippen LogP contribution in [0.25, 0.3) is 0 Å². The van der Waals surface area contributed by atoms with Gasteiger partial charge in [0.05, 0.1) is 5.01 Å². The zero-order valence-corrected chi connectivity index (χ0v) is 12.5. The van der Waals surface area contributed by atoms with Crippen LogP contribution in [0.4, 0.5) is 4.39 Å². The fourth-order valence-corrected chi connectivity index (χ4v) is 3.03. The smallest absolute Gasteiger partial charge is 0.124 e. The zero-order valence-electron chi connectivity index (χ0n) is 10.9. The van der Waals surface area contributed by atoms with Crippen LogP contribution in [0.3, 0.4) is 0 Å². The minimum Gasteiger partial charge on any atom is -0.316 e. The lowest BCUT2D eigenvalue weighted by atomic mass is 10.0. The highest BCUT2D eigenvalue weighted by Crippen LogP contribution is 2.20. The van der Waals surface area contributed by atoms with E-state index in [0.29, 0.717) is 5.02 Å². The maximum atomic E-state index is 13.0. The van der Waals surface area contributed by atoms with E-state index in [2.05, 4.69) is 10.3 Å². The summed E-state index contributed by atoms with van der Waals surface area (Å²) in [6.45, 7) is 1.99. The molecule has 5 heteroatoms. The molecule has 1 aromatic heterocycles. The Kier molecular flexibility index (Phi) is 4.91. The van der Waals surface area contributed by atoms with Crippen LogP contribution in [0.5, 0.6) is 0 Å². The molecule has 1 unspecified atom stereocenters. The summed E-state index contributed by atoms with van der Waals surface area (Å²) < 4.78 is 13.0. The molecule has 0 radical (unpaired) electrons. The van der Waals surface area contributed by atoms with Gasteiger partial charge in [-0.15, -0.1) is 11.3 Å². The first-order valence-electron chi connectivity index (χ1n) is 6.10. The number of hydrogen-bond acceptors (Lipinski definition) is 3. The van der Waals surface area contributed by atoms with Crippen molar-refractivity contribution in [3.05, 3.63) is 50.7 Å². The van der Waals surface area contributed by atoms with Gasteiger partial charge in [0.15, 0.2) is 0 Å². The van der Waals surface area contributed by atoms with Gasteiger partial charge >= 0.3 is 0 Å². The highest BCUT2D eigenvalue weighted by molar-refractivity contribution is 7.09. The lowest BCUT2D eigenvalue weighted by Gasteiger charge is -2.15. The molecule has 2 rings (SSSR count). The van der Waals surface area contributed by atoms with Crippen molar-refractivity contribution in [1.82, 2.24) is 10.3 Å². The van der Waals surface area contributed by atoms with Crippen LogP contribution >= 0.6 is 22.9 Å². The third kappa shape index (κ3) is 4.00. The summed E-state index contributed by atoms with van der Waals surface area (Å²) in [7, 11) is 1.92. The molecule has 1 aromatic carbocycles. The maximum Gasteiger partial charge on any atom is 0.124 e. The Balaban J connectivity index is 2.06. The third-order valence-electron chi connectivity index (χ3n) is 2.98. The van der Waals surface area contributed by atoms with Crippen molar-refractivity contribution in [2.45, 2.75) is 25.8 Å². The molecule has 0 aliphatic heterocycles. The summed E-state index contributed by atoms with van der Waals surface area (Å²) in [5.41, 5.74) is 2.00. The number of rotatable bonds is 5. The van der Waals surface area contributed by atoms with E-state index in [1.54, 1.807) is 17.4 Å². The van der Waals surface area contributed by atoms with Gasteiger partial charge in [-0.3, -0.25) is 0 Å². The van der Waals surface area contributed by atoms with Crippen molar-refractivity contribution in [3.8, 4) is 0 Å². The van der Waals surface area contributed by atoms with Crippen LogP contribution in [0, 0.1) is 12.7 Å². The second-order valence-electron chi connectivity index (χ2n) is 4.51. The van der Waals surface area contributed by atoms with E-state index in [-0.39, 0.29) is 11.9 Å². The molecule has 0 amide bonds. The second kappa shape index (κ2) is 6.46. The molecule has 1 N–H and O–H groups in total. The third-order valence-corrected chi connectivity index (χ3v) is 4.32. The predicted molar refractivity (Wildman–Crippen MR) is 78.5 cm³/mol. The van der Waals surface area contributed by atoms with Crippen molar-refractivity contribution in [1.29, 1.82) is 0 Å². The number of likely N-dealkylation sites (N-methyl/N-ethyl adjacent to an activating group) is 1. The topological polar surface area (TPSA) is 24.9 Å². The molecule has 2 nitrogen and oxygen atoms in total. The van der Waals surface area contributed by atoms with Crippen LogP contribution in [0.1, 0.15) is 16.3 Å². The fourth-order valence-electron chi connectivity index (χ4n) is 1.94. The van der Waals surface area contributed by atoms with Crippen molar-refractivity contribution in [2.75, 3.05) is 7.05 Å². The Labute approximate surface area is 121 Å². The van der Waals surface area contributed by atoms with Crippen molar-refractivity contribution in [2.24, 2.45) is 0 Å². The second-order valence-corrected chi connectivity index (χ2v) is 5.86. The summed E-state index contributed by atoms with van der Waals surface area (Å²) >= 11 is 7.72. The molecule has 1 heterocycles. The summed E-state index contributed by atoms with van der Waals surface area (Å²) in [4.78, 5) is 4.46. The molecule has 19 heavy (non-hydrogen) atoms. The normalized spacial score (nSPS) is 12.6. The van der Waals surface area contributed by atoms with Gasteiger partial charge in [0.1, 0.15) is 5.82 Å². The van der Waals surface area contributed by atoms with Gasteiger partial charge < -0.3 is 5.32 Å². The Morgan fingerprint density at radius 3 is 2.79 bits per heavy atom. The van der Waals surface area contributed by atoms with E-state index < -0.39 is 0 Å². The Morgan fingerprint density at radius 2 is 2.21 bits per heavy atom. The molecule has 0 fully saturated rings. The highest BCUT2D eigenvalue weighted by atomic mass is 35.5. The first-order valence-corrected chi connectivity index (χ1v) is 7.36. The van der Waals surface area contributed by atoms with Crippen molar-refractivity contribution in [3.63, 3.8) is 0 Å². The average Bonchev–Trinajstić information content (AvgIpc) is 2.77. The molecular weight excluding hydrogens is 283 g/mol. The van der Waals surface area contributed by atoms with Gasteiger partial charge in [-0.25, -0.2) is 9.37 Å². The molecule has 0 aliphatic rings. The van der Waals surface area contributed by atoms with Crippen LogP contribution in [0.15, 0.2) is 23.6 Å². The molecule has 0 spiro atoms. The van der Waals surface area contributed by atoms with Gasteiger partial charge in [0, 0.05) is 28.6 Å². The molecule has 2 aromatic rings. The largest absolute Gasteiger partial charge is 0.316 e. The predicted octanol–water partition coefficient (Wildman–Crippen LogP) is 3.62. The number of aryl methyl sites for hydroxylation is 1. The van der Waals surface area contributed by atoms with Crippen molar-refractivity contribution < 1.29 is 4.39 Å². The van der Waals surface area contributed by atoms with Gasteiger partial charge in [0.25, 0.3) is 0 Å². The van der Waals surface area contributed by atoms with Crippen LogP contribution in [-0.2, 0) is 12.8 Å². The van der Waals surface area contributed by atoms with E-state index in [4.69, 9.17) is 11.6 Å². The number of benzene rings is 1. The lowest BCUT2D eigenvalue weighted by Crippen LogP contribution is -2.30. The Hall–Kier alpha value is -0.970. The first kappa shape index (κ1) is 14.4. The number of nitrogens with one attached hydrogen (secondary N) is 1. The average molecular weight is 299 g/mol. The van der Waals surface area contributed by atoms with Gasteiger partial charge in [-0.05, 0) is 38.1 Å². The number of aromatic nitrogens is 1. The monoisotopic (exact) mass is 298 g/mol. The minimum atomic E-state index is -0.301. The number of hydrogen-bond donors (Lipinski definition) is 1. The van der Waals surface area contributed by atoms with E-state index >= 15 is 0 Å². The van der Waals surface area contributed by atoms with Crippen LogP contribution in [0.2, 0.25) is 5.02 Å². The number of halogens is 2. The van der Waals surface area contributed by atoms with E-state index in [0.717, 1.165) is 29.1 Å². The first-order chi connectivity index (χ1) is 9.08. The van der Waals surface area contributed by atoms with Gasteiger partial charge in [-0.1, -0.05) is 17.7 Å². The summed E-state index contributed by atoms with van der Waals surface area (Å²) in [6, 6.07) is 4.79. The molecule has 0 saturated carbocycles. The molecular formula is C14H16ClFN2S. The van der Waals surface area contributed by atoms with E-state index in [1.165, 1.54) is 12.1 Å². The summed E-state index contributed by atoms with van der Waals surface area (Å²) in [5, 5.41) is 6.90. The van der Waals surface area contributed by atoms with Crippen LogP contribution in [-0.4, -0.2) is 18.1 Å². The number of nitrogens with zero attached hydrogens (tertiary/aromatic N) is 1. The molecule has 0 aliphatic carbocycles. The van der Waals surface area contributed by atoms with E-state index in [9.17, 15) is 4.39 Å². The Bertz CT molecular complexity index is 556. The number of thiazole rings is 1. The highest BCUT2D eigenvalue weighted by Gasteiger charge is 2.13.